The lowest BCUT2D eigenvalue weighted by Crippen LogP contribution is -2.35. The first-order valence-electron chi connectivity index (χ1n) is 10.7. The van der Waals surface area contributed by atoms with E-state index in [1.807, 2.05) is 36.4 Å². The minimum absolute atomic E-state index is 0.00900. The van der Waals surface area contributed by atoms with E-state index < -0.39 is 11.8 Å². The summed E-state index contributed by atoms with van der Waals surface area (Å²) in [5.74, 6) is 0.322. The Hall–Kier alpha value is -3.81. The van der Waals surface area contributed by atoms with Crippen molar-refractivity contribution in [1.29, 1.82) is 0 Å². The highest BCUT2D eigenvalue weighted by Gasteiger charge is 2.34. The highest BCUT2D eigenvalue weighted by atomic mass is 35.5. The number of nitrogens with one attached hydrogen (secondary N) is 1. The molecule has 0 bridgehead atoms. The van der Waals surface area contributed by atoms with E-state index in [-0.39, 0.29) is 12.2 Å². The third-order valence-electron chi connectivity index (χ3n) is 4.90. The zero-order chi connectivity index (χ0) is 23.8. The Kier molecular flexibility index (Phi) is 7.80. The fraction of sp³-hybridized carbons (Fsp3) is 0.154. The third-order valence-corrected chi connectivity index (χ3v) is 5.14. The lowest BCUT2D eigenvalue weighted by molar-refractivity contribution is -0.117. The smallest absolute Gasteiger partial charge is 0.282 e. The molecule has 0 spiro atoms. The van der Waals surface area contributed by atoms with E-state index in [4.69, 9.17) is 25.8 Å². The number of amides is 2. The van der Waals surface area contributed by atoms with Crippen molar-refractivity contribution in [2.75, 3.05) is 31.4 Å². The minimum Gasteiger partial charge on any atom is -0.491 e. The molecule has 1 fully saturated rings. The normalized spacial score (nSPS) is 14.4. The Morgan fingerprint density at radius 3 is 2.24 bits per heavy atom. The van der Waals surface area contributed by atoms with Gasteiger partial charge in [-0.15, -0.1) is 0 Å². The Morgan fingerprint density at radius 2 is 1.50 bits per heavy atom. The number of para-hydroxylation sites is 2. The second kappa shape index (κ2) is 11.4. The molecule has 0 unspecified atom stereocenters. The lowest BCUT2D eigenvalue weighted by Gasteiger charge is -2.14. The van der Waals surface area contributed by atoms with Crippen molar-refractivity contribution < 1.29 is 23.8 Å². The van der Waals surface area contributed by atoms with Gasteiger partial charge in [0, 0.05) is 10.6 Å². The monoisotopic (exact) mass is 478 g/mol. The maximum Gasteiger partial charge on any atom is 0.282 e. The SMILES string of the molecule is O=C1NN(c2ccccc2)C(=O)/C1=C/c1cc(Cl)ccc1OCCOCCOc1ccccc1. The predicted octanol–water partition coefficient (Wildman–Crippen LogP) is 4.28. The Morgan fingerprint density at radius 1 is 0.824 bits per heavy atom. The van der Waals surface area contributed by atoms with Crippen LogP contribution in [0.15, 0.2) is 84.4 Å². The van der Waals surface area contributed by atoms with Gasteiger partial charge in [0.2, 0.25) is 0 Å². The number of benzene rings is 3. The van der Waals surface area contributed by atoms with Crippen LogP contribution in [0.3, 0.4) is 0 Å². The fourth-order valence-electron chi connectivity index (χ4n) is 3.28. The summed E-state index contributed by atoms with van der Waals surface area (Å²) in [5, 5.41) is 1.67. The first-order chi connectivity index (χ1) is 16.6. The van der Waals surface area contributed by atoms with Crippen LogP contribution in [0.4, 0.5) is 5.69 Å². The zero-order valence-corrected chi connectivity index (χ0v) is 19.0. The summed E-state index contributed by atoms with van der Waals surface area (Å²) >= 11 is 6.15. The van der Waals surface area contributed by atoms with Crippen molar-refractivity contribution in [2.24, 2.45) is 0 Å². The average molecular weight is 479 g/mol. The molecule has 3 aromatic rings. The van der Waals surface area contributed by atoms with Gasteiger partial charge in [-0.25, -0.2) is 5.01 Å². The molecule has 0 atom stereocenters. The number of nitrogens with zero attached hydrogens (tertiary/aromatic N) is 1. The molecule has 0 aliphatic carbocycles. The summed E-state index contributed by atoms with van der Waals surface area (Å²) in [5.41, 5.74) is 3.66. The summed E-state index contributed by atoms with van der Waals surface area (Å²) in [6.45, 7) is 1.47. The van der Waals surface area contributed by atoms with Crippen molar-refractivity contribution in [3.8, 4) is 11.5 Å². The van der Waals surface area contributed by atoms with Crippen LogP contribution in [0.1, 0.15) is 5.56 Å². The quantitative estimate of drug-likeness (QED) is 0.267. The van der Waals surface area contributed by atoms with Crippen LogP contribution in [0.25, 0.3) is 6.08 Å². The van der Waals surface area contributed by atoms with Gasteiger partial charge in [-0.05, 0) is 48.5 Å². The highest BCUT2D eigenvalue weighted by molar-refractivity contribution is 6.32. The first kappa shape index (κ1) is 23.4. The molecule has 1 aliphatic heterocycles. The van der Waals surface area contributed by atoms with E-state index in [1.54, 1.807) is 42.5 Å². The van der Waals surface area contributed by atoms with Crippen molar-refractivity contribution in [1.82, 2.24) is 5.43 Å². The standard InChI is InChI=1S/C26H23ClN2O5/c27-20-11-12-24(34-16-14-32-13-15-33-22-9-5-2-6-10-22)19(17-20)18-23-25(30)28-29(26(23)31)21-7-3-1-4-8-21/h1-12,17-18H,13-16H2,(H,28,30)/b23-18+. The summed E-state index contributed by atoms with van der Waals surface area (Å²) in [6, 6.07) is 23.4. The molecule has 1 aliphatic rings. The van der Waals surface area contributed by atoms with Crippen LogP contribution in [0, 0.1) is 0 Å². The van der Waals surface area contributed by atoms with Gasteiger partial charge in [0.15, 0.2) is 0 Å². The molecule has 34 heavy (non-hydrogen) atoms. The molecule has 7 nitrogen and oxygen atoms in total. The maximum atomic E-state index is 12.8. The molecule has 1 saturated heterocycles. The zero-order valence-electron chi connectivity index (χ0n) is 18.3. The number of ether oxygens (including phenoxy) is 3. The van der Waals surface area contributed by atoms with E-state index in [2.05, 4.69) is 5.43 Å². The van der Waals surface area contributed by atoms with Crippen LogP contribution in [0.2, 0.25) is 5.02 Å². The molecule has 2 amide bonds. The van der Waals surface area contributed by atoms with E-state index in [0.717, 1.165) is 5.75 Å². The molecule has 1 N–H and O–H groups in total. The van der Waals surface area contributed by atoms with Crippen molar-refractivity contribution in [3.63, 3.8) is 0 Å². The number of hydrazine groups is 1. The minimum atomic E-state index is -0.499. The highest BCUT2D eigenvalue weighted by Crippen LogP contribution is 2.28. The first-order valence-corrected chi connectivity index (χ1v) is 11.1. The van der Waals surface area contributed by atoms with Crippen LogP contribution < -0.4 is 19.9 Å². The lowest BCUT2D eigenvalue weighted by atomic mass is 10.1. The van der Waals surface area contributed by atoms with Gasteiger partial charge < -0.3 is 14.2 Å². The number of halogens is 1. The van der Waals surface area contributed by atoms with E-state index >= 15 is 0 Å². The number of anilines is 1. The van der Waals surface area contributed by atoms with E-state index in [9.17, 15) is 9.59 Å². The molecule has 0 radical (unpaired) electrons. The van der Waals surface area contributed by atoms with Crippen molar-refractivity contribution in [2.45, 2.75) is 0 Å². The van der Waals surface area contributed by atoms with E-state index in [0.29, 0.717) is 41.8 Å². The van der Waals surface area contributed by atoms with Crippen LogP contribution in [-0.2, 0) is 14.3 Å². The van der Waals surface area contributed by atoms with Crippen LogP contribution in [-0.4, -0.2) is 38.2 Å². The van der Waals surface area contributed by atoms with Crippen molar-refractivity contribution >= 4 is 35.2 Å². The second-order valence-corrected chi connectivity index (χ2v) is 7.72. The second-order valence-electron chi connectivity index (χ2n) is 7.28. The van der Waals surface area contributed by atoms with Gasteiger partial charge >= 0.3 is 0 Å². The summed E-state index contributed by atoms with van der Waals surface area (Å²) in [6.07, 6.45) is 1.48. The van der Waals surface area contributed by atoms with Crippen LogP contribution >= 0.6 is 11.6 Å². The predicted molar refractivity (Wildman–Crippen MR) is 130 cm³/mol. The van der Waals surface area contributed by atoms with Crippen molar-refractivity contribution in [3.05, 3.63) is 95.0 Å². The van der Waals surface area contributed by atoms with E-state index in [1.165, 1.54) is 11.1 Å². The molecule has 8 heteroatoms. The number of hydrogen-bond acceptors (Lipinski definition) is 5. The molecule has 3 aromatic carbocycles. The third kappa shape index (κ3) is 5.95. The van der Waals surface area contributed by atoms with Gasteiger partial charge in [0.1, 0.15) is 30.3 Å². The van der Waals surface area contributed by atoms with Gasteiger partial charge in [0.05, 0.1) is 18.9 Å². The van der Waals surface area contributed by atoms with Gasteiger partial charge in [-0.2, -0.15) is 0 Å². The molecule has 0 aromatic heterocycles. The fourth-order valence-corrected chi connectivity index (χ4v) is 3.46. The number of rotatable bonds is 10. The maximum absolute atomic E-state index is 12.8. The number of hydrogen-bond donors (Lipinski definition) is 1. The molecule has 0 saturated carbocycles. The van der Waals surface area contributed by atoms with Gasteiger partial charge in [-0.1, -0.05) is 48.0 Å². The Bertz CT molecular complexity index is 1170. The largest absolute Gasteiger partial charge is 0.491 e. The Balaban J connectivity index is 1.34. The molecule has 174 valence electrons. The molecule has 1 heterocycles. The molecular weight excluding hydrogens is 456 g/mol. The Labute approximate surface area is 202 Å². The van der Waals surface area contributed by atoms with Gasteiger partial charge in [0.25, 0.3) is 11.8 Å². The average Bonchev–Trinajstić information content (AvgIpc) is 3.14. The van der Waals surface area contributed by atoms with Crippen LogP contribution in [0.5, 0.6) is 11.5 Å². The topological polar surface area (TPSA) is 77.1 Å². The summed E-state index contributed by atoms with van der Waals surface area (Å²) in [7, 11) is 0. The number of carbonyl (C=O) groups is 2. The molecular formula is C26H23ClN2O5. The number of carbonyl (C=O) groups excluding carboxylic acids is 2. The summed E-state index contributed by atoms with van der Waals surface area (Å²) in [4.78, 5) is 25.3. The van der Waals surface area contributed by atoms with Gasteiger partial charge in [-0.3, -0.25) is 15.0 Å². The summed E-state index contributed by atoms with van der Waals surface area (Å²) < 4.78 is 17.0. The molecule has 4 rings (SSSR count).